The lowest BCUT2D eigenvalue weighted by molar-refractivity contribution is 0.281. The zero-order valence-electron chi connectivity index (χ0n) is 11.5. The summed E-state index contributed by atoms with van der Waals surface area (Å²) in [7, 11) is 0. The van der Waals surface area contributed by atoms with Crippen LogP contribution in [0.5, 0.6) is 0 Å². The largest absolute Gasteiger partial charge is 0.392 e. The first kappa shape index (κ1) is 13.6. The first-order valence-electron chi connectivity index (χ1n) is 6.71. The normalized spacial score (nSPS) is 10.5. The molecule has 0 fully saturated rings. The fourth-order valence-corrected chi connectivity index (χ4v) is 2.13. The number of anilines is 2. The van der Waals surface area contributed by atoms with E-state index in [1.165, 1.54) is 0 Å². The van der Waals surface area contributed by atoms with E-state index in [2.05, 4.69) is 35.9 Å². The van der Waals surface area contributed by atoms with Crippen LogP contribution in [0, 0.1) is 0 Å². The molecule has 1 aromatic heterocycles. The highest BCUT2D eigenvalue weighted by molar-refractivity contribution is 5.60. The summed E-state index contributed by atoms with van der Waals surface area (Å²) in [6.07, 6.45) is 0.868. The van der Waals surface area contributed by atoms with E-state index >= 15 is 0 Å². The highest BCUT2D eigenvalue weighted by Gasteiger charge is 2.10. The molecule has 0 aliphatic heterocycles. The smallest absolute Gasteiger partial charge is 0.133 e. The Kier molecular flexibility index (Phi) is 4.53. The molecule has 0 saturated carbocycles. The van der Waals surface area contributed by atoms with Crippen molar-refractivity contribution >= 4 is 11.5 Å². The first-order chi connectivity index (χ1) is 9.28. The molecule has 0 spiro atoms. The molecule has 0 bridgehead atoms. The Morgan fingerprint density at radius 2 is 1.84 bits per heavy atom. The van der Waals surface area contributed by atoms with Gasteiger partial charge < -0.3 is 10.0 Å². The number of para-hydroxylation sites is 1. The Bertz CT molecular complexity index is 503. The van der Waals surface area contributed by atoms with Crippen molar-refractivity contribution in [2.75, 3.05) is 11.4 Å². The molecule has 1 heterocycles. The SMILES string of the molecule is CCc1cc(CO)cc(N(CC)c2ccccc2)n1. The minimum Gasteiger partial charge on any atom is -0.392 e. The van der Waals surface area contributed by atoms with Crippen molar-refractivity contribution < 1.29 is 5.11 Å². The quantitative estimate of drug-likeness (QED) is 0.891. The molecular weight excluding hydrogens is 236 g/mol. The van der Waals surface area contributed by atoms with Crippen LogP contribution in [0.4, 0.5) is 11.5 Å². The predicted octanol–water partition coefficient (Wildman–Crippen LogP) is 3.29. The van der Waals surface area contributed by atoms with E-state index in [9.17, 15) is 5.11 Å². The van der Waals surface area contributed by atoms with Crippen LogP contribution in [-0.2, 0) is 13.0 Å². The van der Waals surface area contributed by atoms with Crippen molar-refractivity contribution in [3.63, 3.8) is 0 Å². The van der Waals surface area contributed by atoms with Crippen LogP contribution >= 0.6 is 0 Å². The number of benzene rings is 1. The molecule has 0 radical (unpaired) electrons. The van der Waals surface area contributed by atoms with Gasteiger partial charge in [-0.3, -0.25) is 0 Å². The molecule has 1 N–H and O–H groups in total. The highest BCUT2D eigenvalue weighted by atomic mass is 16.3. The van der Waals surface area contributed by atoms with Gasteiger partial charge >= 0.3 is 0 Å². The molecule has 0 atom stereocenters. The molecule has 0 saturated heterocycles. The van der Waals surface area contributed by atoms with Gasteiger partial charge in [-0.25, -0.2) is 4.98 Å². The van der Waals surface area contributed by atoms with Crippen LogP contribution in [0.1, 0.15) is 25.1 Å². The lowest BCUT2D eigenvalue weighted by atomic mass is 10.2. The summed E-state index contributed by atoms with van der Waals surface area (Å²) in [6, 6.07) is 14.1. The van der Waals surface area contributed by atoms with E-state index in [0.717, 1.165) is 35.7 Å². The Hall–Kier alpha value is -1.87. The molecule has 3 nitrogen and oxygen atoms in total. The highest BCUT2D eigenvalue weighted by Crippen LogP contribution is 2.24. The third-order valence-electron chi connectivity index (χ3n) is 3.13. The number of aryl methyl sites for hydroxylation is 1. The molecule has 0 unspecified atom stereocenters. The molecule has 100 valence electrons. The van der Waals surface area contributed by atoms with E-state index in [4.69, 9.17) is 0 Å². The van der Waals surface area contributed by atoms with Crippen LogP contribution in [-0.4, -0.2) is 16.6 Å². The van der Waals surface area contributed by atoms with Crippen LogP contribution in [0.25, 0.3) is 0 Å². The fraction of sp³-hybridized carbons (Fsp3) is 0.312. The summed E-state index contributed by atoms with van der Waals surface area (Å²) in [5.74, 6) is 0.900. The van der Waals surface area contributed by atoms with E-state index in [1.54, 1.807) is 0 Å². The summed E-state index contributed by atoms with van der Waals surface area (Å²) in [5.41, 5.74) is 3.04. The number of rotatable bonds is 5. The van der Waals surface area contributed by atoms with Gasteiger partial charge in [0, 0.05) is 17.9 Å². The Balaban J connectivity index is 2.43. The summed E-state index contributed by atoms with van der Waals surface area (Å²) >= 11 is 0. The number of pyridine rings is 1. The van der Waals surface area contributed by atoms with Crippen molar-refractivity contribution in [1.82, 2.24) is 4.98 Å². The summed E-state index contributed by atoms with van der Waals surface area (Å²) in [6.45, 7) is 5.07. The fourth-order valence-electron chi connectivity index (χ4n) is 2.13. The molecule has 3 heteroatoms. The lowest BCUT2D eigenvalue weighted by Gasteiger charge is -2.23. The summed E-state index contributed by atoms with van der Waals surface area (Å²) in [4.78, 5) is 6.81. The van der Waals surface area contributed by atoms with E-state index < -0.39 is 0 Å². The van der Waals surface area contributed by atoms with Crippen molar-refractivity contribution in [2.24, 2.45) is 0 Å². The molecule has 0 aliphatic rings. The van der Waals surface area contributed by atoms with Gasteiger partial charge in [0.1, 0.15) is 5.82 Å². The first-order valence-corrected chi connectivity index (χ1v) is 6.71. The van der Waals surface area contributed by atoms with Gasteiger partial charge in [-0.1, -0.05) is 25.1 Å². The maximum atomic E-state index is 9.36. The van der Waals surface area contributed by atoms with Crippen LogP contribution in [0.2, 0.25) is 0 Å². The second kappa shape index (κ2) is 6.34. The molecule has 0 aliphatic carbocycles. The van der Waals surface area contributed by atoms with Gasteiger partial charge in [0.15, 0.2) is 0 Å². The van der Waals surface area contributed by atoms with Crippen molar-refractivity contribution in [2.45, 2.75) is 26.9 Å². The van der Waals surface area contributed by atoms with Crippen molar-refractivity contribution in [1.29, 1.82) is 0 Å². The van der Waals surface area contributed by atoms with Gasteiger partial charge in [0.25, 0.3) is 0 Å². The van der Waals surface area contributed by atoms with Crippen LogP contribution in [0.3, 0.4) is 0 Å². The van der Waals surface area contributed by atoms with Crippen LogP contribution in [0.15, 0.2) is 42.5 Å². The number of aliphatic hydroxyl groups is 1. The maximum absolute atomic E-state index is 9.36. The molecular formula is C16H20N2O. The summed E-state index contributed by atoms with van der Waals surface area (Å²) < 4.78 is 0. The molecule has 2 rings (SSSR count). The molecule has 19 heavy (non-hydrogen) atoms. The number of aromatic nitrogens is 1. The van der Waals surface area contributed by atoms with Crippen molar-refractivity contribution in [3.05, 3.63) is 53.7 Å². The van der Waals surface area contributed by atoms with E-state index in [-0.39, 0.29) is 6.61 Å². The monoisotopic (exact) mass is 256 g/mol. The Labute approximate surface area is 114 Å². The topological polar surface area (TPSA) is 36.4 Å². The third-order valence-corrected chi connectivity index (χ3v) is 3.13. The zero-order valence-corrected chi connectivity index (χ0v) is 11.5. The van der Waals surface area contributed by atoms with Crippen LogP contribution < -0.4 is 4.90 Å². The molecule has 0 amide bonds. The Morgan fingerprint density at radius 1 is 1.11 bits per heavy atom. The standard InChI is InChI=1S/C16H20N2O/c1-3-14-10-13(12-19)11-16(17-14)18(4-2)15-8-6-5-7-9-15/h5-11,19H,3-4,12H2,1-2H3. The second-order valence-electron chi connectivity index (χ2n) is 4.42. The predicted molar refractivity (Wildman–Crippen MR) is 78.7 cm³/mol. The third kappa shape index (κ3) is 3.12. The average Bonchev–Trinajstić information content (AvgIpc) is 2.48. The number of hydrogen-bond donors (Lipinski definition) is 1. The van der Waals surface area contributed by atoms with Crippen molar-refractivity contribution in [3.8, 4) is 0 Å². The molecule has 2 aromatic rings. The average molecular weight is 256 g/mol. The number of aliphatic hydroxyl groups excluding tert-OH is 1. The minimum absolute atomic E-state index is 0.0505. The Morgan fingerprint density at radius 3 is 2.42 bits per heavy atom. The number of nitrogens with zero attached hydrogens (tertiary/aromatic N) is 2. The van der Waals surface area contributed by atoms with Gasteiger partial charge in [-0.15, -0.1) is 0 Å². The second-order valence-corrected chi connectivity index (χ2v) is 4.42. The maximum Gasteiger partial charge on any atom is 0.133 e. The minimum atomic E-state index is 0.0505. The van der Waals surface area contributed by atoms with Gasteiger partial charge in [0.2, 0.25) is 0 Å². The zero-order chi connectivity index (χ0) is 13.7. The van der Waals surface area contributed by atoms with E-state index in [1.807, 2.05) is 30.3 Å². The van der Waals surface area contributed by atoms with E-state index in [0.29, 0.717) is 0 Å². The molecule has 1 aromatic carbocycles. The van der Waals surface area contributed by atoms with Gasteiger partial charge in [-0.05, 0) is 43.2 Å². The van der Waals surface area contributed by atoms with Gasteiger partial charge in [0.05, 0.1) is 6.61 Å². The van der Waals surface area contributed by atoms with Gasteiger partial charge in [-0.2, -0.15) is 0 Å². The summed E-state index contributed by atoms with van der Waals surface area (Å²) in [5, 5.41) is 9.36. The lowest BCUT2D eigenvalue weighted by Crippen LogP contribution is -2.18. The number of hydrogen-bond acceptors (Lipinski definition) is 3.